The molecule has 0 saturated carbocycles. The maximum absolute atomic E-state index is 9.72. The molecule has 0 aliphatic rings. The Labute approximate surface area is 460 Å². The molecule has 0 spiro atoms. The highest BCUT2D eigenvalue weighted by Crippen LogP contribution is 2.47. The van der Waals surface area contributed by atoms with Crippen LogP contribution in [0, 0.1) is 20.8 Å². The van der Waals surface area contributed by atoms with Crippen LogP contribution in [0.2, 0.25) is 0 Å². The Balaban J connectivity index is 1.34. The van der Waals surface area contributed by atoms with Crippen molar-refractivity contribution >= 4 is 34.0 Å². The second-order valence-corrected chi connectivity index (χ2v) is 24.6. The van der Waals surface area contributed by atoms with Crippen molar-refractivity contribution in [1.29, 1.82) is 0 Å². The van der Waals surface area contributed by atoms with Crippen LogP contribution in [0.25, 0.3) is 100 Å². The van der Waals surface area contributed by atoms with Gasteiger partial charge in [-0.15, -0.1) is 11.1 Å². The minimum Gasteiger partial charge on any atom is -0.149 e. The van der Waals surface area contributed by atoms with Gasteiger partial charge in [0.2, 0.25) is 7.38 Å². The summed E-state index contributed by atoms with van der Waals surface area (Å²) in [5, 5.41) is 3.45. The van der Waals surface area contributed by atoms with E-state index in [2.05, 4.69) is 312 Å². The number of rotatable bonds is 12. The Bertz CT molecular complexity index is 3570. The quantitative estimate of drug-likeness (QED) is 0.0650. The van der Waals surface area contributed by atoms with E-state index >= 15 is 0 Å². The summed E-state index contributed by atoms with van der Waals surface area (Å²) in [5.74, 6) is 0. The largest absolute Gasteiger partial charge is 0.248 e. The van der Waals surface area contributed by atoms with Gasteiger partial charge in [-0.05, 0) is 153 Å². The van der Waals surface area contributed by atoms with Gasteiger partial charge in [-0.3, -0.25) is 0 Å². The number of benzene rings is 12. The van der Waals surface area contributed by atoms with Crippen LogP contribution in [0.5, 0.6) is 0 Å². The molecular weight excluding hydrogens is 964 g/mol. The molecule has 0 amide bonds. The third kappa shape index (κ3) is 9.08. The molecule has 0 aliphatic heterocycles. The molecule has 368 valence electrons. The molecular formula is C75H57ClSi. The number of hydrogen-bond donors (Lipinski definition) is 0. The van der Waals surface area contributed by atoms with Crippen molar-refractivity contribution in [3.05, 3.63) is 308 Å². The molecule has 0 saturated heterocycles. The van der Waals surface area contributed by atoms with Gasteiger partial charge in [0.15, 0.2) is 0 Å². The zero-order valence-corrected chi connectivity index (χ0v) is 45.3. The highest BCUT2D eigenvalue weighted by Gasteiger charge is 2.45. The van der Waals surface area contributed by atoms with E-state index in [9.17, 15) is 11.1 Å². The van der Waals surface area contributed by atoms with Crippen molar-refractivity contribution in [2.45, 2.75) is 20.8 Å². The van der Waals surface area contributed by atoms with Crippen LogP contribution in [0.1, 0.15) is 16.7 Å². The van der Waals surface area contributed by atoms with Gasteiger partial charge in [0.1, 0.15) is 0 Å². The van der Waals surface area contributed by atoms with Gasteiger partial charge in [0.05, 0.1) is 0 Å². The summed E-state index contributed by atoms with van der Waals surface area (Å²) < 4.78 is 0. The fourth-order valence-corrected chi connectivity index (χ4v) is 17.6. The highest BCUT2D eigenvalue weighted by atomic mass is 35.6. The first-order valence-corrected chi connectivity index (χ1v) is 29.6. The molecule has 77 heavy (non-hydrogen) atoms. The van der Waals surface area contributed by atoms with Gasteiger partial charge in [0.25, 0.3) is 0 Å². The summed E-state index contributed by atoms with van der Waals surface area (Å²) in [6.07, 6.45) is 0. The Hall–Kier alpha value is -8.85. The lowest BCUT2D eigenvalue weighted by atomic mass is 9.84. The predicted molar refractivity (Wildman–Crippen MR) is 333 cm³/mol. The molecule has 0 unspecified atom stereocenters. The fourth-order valence-electron chi connectivity index (χ4n) is 12.0. The second kappa shape index (κ2) is 21.4. The van der Waals surface area contributed by atoms with Crippen LogP contribution >= 0.6 is 11.1 Å². The maximum Gasteiger partial charge on any atom is 0.248 e. The molecule has 0 aliphatic carbocycles. The molecule has 0 N–H and O–H groups in total. The lowest BCUT2D eigenvalue weighted by molar-refractivity contribution is 1.44. The standard InChI is InChI=1S/C75H57ClSi/c1-52-67(49-64(55-31-13-4-14-32-55)73(61-43-25-10-26-44-61)70(52)58-37-19-7-20-38-58)77(76,68-50-65(56-33-15-5-16-34-56)74(62-45-27-11-28-46-62)71(53(68)2)59-39-21-8-22-40-59)69-51-66(57-35-17-6-18-36-57)75(63-47-29-12-30-48-63)72(54(69)3)60-41-23-9-24-42-60/h4-51H,1-3H3. The summed E-state index contributed by atoms with van der Waals surface area (Å²) in [6, 6.07) is 106. The summed E-state index contributed by atoms with van der Waals surface area (Å²) in [6.45, 7) is 7.03. The lowest BCUT2D eigenvalue weighted by Crippen LogP contribution is -2.65. The average molecular weight is 1020 g/mol. The number of halogens is 1. The molecule has 2 heteroatoms. The van der Waals surface area contributed by atoms with Crippen molar-refractivity contribution in [3.8, 4) is 100 Å². The summed E-state index contributed by atoms with van der Waals surface area (Å²) in [5.41, 5.74) is 24.3. The lowest BCUT2D eigenvalue weighted by Gasteiger charge is -2.36. The molecule has 0 aromatic heterocycles. The van der Waals surface area contributed by atoms with Crippen molar-refractivity contribution in [3.63, 3.8) is 0 Å². The van der Waals surface area contributed by atoms with Crippen LogP contribution in [-0.4, -0.2) is 7.38 Å². The highest BCUT2D eigenvalue weighted by molar-refractivity contribution is 7.41. The van der Waals surface area contributed by atoms with Crippen molar-refractivity contribution in [2.75, 3.05) is 0 Å². The third-order valence-electron chi connectivity index (χ3n) is 15.5. The Kier molecular flexibility index (Phi) is 13.6. The molecule has 0 heterocycles. The molecule has 12 aromatic rings. The van der Waals surface area contributed by atoms with Gasteiger partial charge in [-0.25, -0.2) is 0 Å². The van der Waals surface area contributed by atoms with Crippen LogP contribution < -0.4 is 15.6 Å². The minimum absolute atomic E-state index is 1.13. The first kappa shape index (κ1) is 49.0. The zero-order valence-electron chi connectivity index (χ0n) is 43.6. The van der Waals surface area contributed by atoms with E-state index in [1.165, 1.54) is 50.1 Å². The summed E-state index contributed by atoms with van der Waals surface area (Å²) in [7, 11) is -3.90. The van der Waals surface area contributed by atoms with E-state index in [4.69, 9.17) is 0 Å². The van der Waals surface area contributed by atoms with Crippen molar-refractivity contribution < 1.29 is 0 Å². The van der Waals surface area contributed by atoms with E-state index in [0.29, 0.717) is 0 Å². The SMILES string of the molecule is Cc1c([Si](Cl)(c2cc(-c3ccccc3)c(-c3ccccc3)c(-c3ccccc3)c2C)c2cc(-c3ccccc3)c(-c3ccccc3)c(-c3ccccc3)c2C)cc(-c2ccccc2)c(-c2ccccc2)c1-c1ccccc1. The van der Waals surface area contributed by atoms with Crippen molar-refractivity contribution in [1.82, 2.24) is 0 Å². The smallest absolute Gasteiger partial charge is 0.149 e. The first-order chi connectivity index (χ1) is 37.9. The third-order valence-corrected chi connectivity index (χ3v) is 21.1. The average Bonchev–Trinajstić information content (AvgIpc) is 3.53. The molecule has 12 aromatic carbocycles. The van der Waals surface area contributed by atoms with Gasteiger partial charge < -0.3 is 0 Å². The van der Waals surface area contributed by atoms with Crippen LogP contribution in [0.3, 0.4) is 0 Å². The fraction of sp³-hybridized carbons (Fsp3) is 0.0400. The van der Waals surface area contributed by atoms with Gasteiger partial charge in [0, 0.05) is 0 Å². The summed E-state index contributed by atoms with van der Waals surface area (Å²) in [4.78, 5) is 0. The Morgan fingerprint density at radius 3 is 0.545 bits per heavy atom. The zero-order chi connectivity index (χ0) is 52.3. The molecule has 0 radical (unpaired) electrons. The van der Waals surface area contributed by atoms with Crippen LogP contribution in [0.15, 0.2) is 291 Å². The van der Waals surface area contributed by atoms with Gasteiger partial charge in [-0.1, -0.05) is 291 Å². The van der Waals surface area contributed by atoms with E-state index in [-0.39, 0.29) is 0 Å². The second-order valence-electron chi connectivity index (χ2n) is 20.0. The van der Waals surface area contributed by atoms with Gasteiger partial charge in [-0.2, -0.15) is 0 Å². The molecule has 0 atom stereocenters. The topological polar surface area (TPSA) is 0 Å². The van der Waals surface area contributed by atoms with Crippen LogP contribution in [0.4, 0.5) is 0 Å². The van der Waals surface area contributed by atoms with Gasteiger partial charge >= 0.3 is 0 Å². The molecule has 0 bridgehead atoms. The van der Waals surface area contributed by atoms with Crippen LogP contribution in [-0.2, 0) is 0 Å². The minimum atomic E-state index is -3.90. The van der Waals surface area contributed by atoms with E-state index < -0.39 is 7.38 Å². The Morgan fingerprint density at radius 1 is 0.208 bits per heavy atom. The molecule has 0 fully saturated rings. The van der Waals surface area contributed by atoms with Crippen molar-refractivity contribution in [2.24, 2.45) is 0 Å². The predicted octanol–water partition coefficient (Wildman–Crippen LogP) is 18.8. The maximum atomic E-state index is 9.72. The monoisotopic (exact) mass is 1020 g/mol. The molecule has 12 rings (SSSR count). The number of hydrogen-bond acceptors (Lipinski definition) is 0. The van der Waals surface area contributed by atoms with E-state index in [1.54, 1.807) is 0 Å². The van der Waals surface area contributed by atoms with E-state index in [0.717, 1.165) is 82.3 Å². The Morgan fingerprint density at radius 2 is 0.364 bits per heavy atom. The first-order valence-electron chi connectivity index (χ1n) is 26.6. The normalized spacial score (nSPS) is 11.4. The molecule has 0 nitrogen and oxygen atoms in total. The summed E-state index contributed by atoms with van der Waals surface area (Å²) >= 11 is 9.72. The van der Waals surface area contributed by atoms with E-state index in [1.807, 2.05) is 0 Å².